The molecule has 0 saturated carbocycles. The molecule has 18 heavy (non-hydrogen) atoms. The van der Waals surface area contributed by atoms with Crippen molar-refractivity contribution in [2.45, 2.75) is 0 Å². The Kier molecular flexibility index (Phi) is 4.04. The number of hydrogen-bond acceptors (Lipinski definition) is 3. The van der Waals surface area contributed by atoms with Crippen LogP contribution < -0.4 is 20.3 Å². The summed E-state index contributed by atoms with van der Waals surface area (Å²) < 4.78 is 5.14. The van der Waals surface area contributed by atoms with Gasteiger partial charge in [0.25, 0.3) is 5.91 Å². The lowest BCUT2D eigenvalue weighted by atomic mass is 10.2. The second kappa shape index (κ2) is 5.73. The van der Waals surface area contributed by atoms with E-state index < -0.39 is 0 Å². The maximum absolute atomic E-state index is 10.9. The van der Waals surface area contributed by atoms with Crippen LogP contribution in [0.5, 0.6) is 5.75 Å². The van der Waals surface area contributed by atoms with E-state index in [1.807, 2.05) is 12.1 Å². The molecular weight excluding hydrogens is 230 g/mol. The Morgan fingerprint density at radius 2 is 1.94 bits per heavy atom. The Labute approximate surface area is 107 Å². The van der Waals surface area contributed by atoms with Crippen molar-refractivity contribution >= 4 is 11.6 Å². The smallest absolute Gasteiger partial charge is 0.272 e. The van der Waals surface area contributed by atoms with Gasteiger partial charge in [0, 0.05) is 5.69 Å². The molecule has 1 amide bonds. The molecule has 1 fully saturated rings. The number of nitrogens with two attached hydrogens (primary N) is 1. The van der Waals surface area contributed by atoms with Gasteiger partial charge >= 0.3 is 0 Å². The standard InChI is InChI=1S/C13H19N3O2/c1-18-12-4-2-11(3-5-12)16-8-6-15(7-9-16)10-13(14)17/h2-5H,6-10H2,1H3,(H2,14,17)/p+1. The maximum atomic E-state index is 10.9. The van der Waals surface area contributed by atoms with E-state index in [1.165, 1.54) is 10.6 Å². The molecule has 1 saturated heterocycles. The third-order valence-electron chi connectivity index (χ3n) is 3.33. The molecule has 0 aliphatic carbocycles. The van der Waals surface area contributed by atoms with Crippen LogP contribution in [0.25, 0.3) is 0 Å². The lowest BCUT2D eigenvalue weighted by Gasteiger charge is -2.33. The van der Waals surface area contributed by atoms with E-state index in [0.29, 0.717) is 6.54 Å². The largest absolute Gasteiger partial charge is 0.497 e. The van der Waals surface area contributed by atoms with Crippen LogP contribution >= 0.6 is 0 Å². The number of nitrogens with one attached hydrogen (secondary N) is 1. The summed E-state index contributed by atoms with van der Waals surface area (Å²) in [7, 11) is 1.67. The van der Waals surface area contributed by atoms with Gasteiger partial charge in [-0.15, -0.1) is 0 Å². The number of amides is 1. The van der Waals surface area contributed by atoms with E-state index in [0.717, 1.165) is 31.9 Å². The molecule has 1 heterocycles. The molecule has 3 N–H and O–H groups in total. The van der Waals surface area contributed by atoms with Gasteiger partial charge in [-0.05, 0) is 24.3 Å². The molecular formula is C13H20N3O2+. The van der Waals surface area contributed by atoms with Gasteiger partial charge < -0.3 is 20.3 Å². The van der Waals surface area contributed by atoms with Gasteiger partial charge in [0.15, 0.2) is 6.54 Å². The van der Waals surface area contributed by atoms with Gasteiger partial charge in [-0.25, -0.2) is 0 Å². The van der Waals surface area contributed by atoms with Crippen molar-refractivity contribution in [2.75, 3.05) is 44.7 Å². The number of anilines is 1. The molecule has 5 nitrogen and oxygen atoms in total. The average Bonchev–Trinajstić information content (AvgIpc) is 2.39. The molecule has 0 atom stereocenters. The van der Waals surface area contributed by atoms with Crippen LogP contribution in [0.3, 0.4) is 0 Å². The zero-order chi connectivity index (χ0) is 13.0. The summed E-state index contributed by atoms with van der Waals surface area (Å²) in [5.74, 6) is 0.652. The Morgan fingerprint density at radius 3 is 2.44 bits per heavy atom. The minimum absolute atomic E-state index is 0.220. The number of quaternary nitrogens is 1. The van der Waals surface area contributed by atoms with E-state index in [-0.39, 0.29) is 5.91 Å². The van der Waals surface area contributed by atoms with Crippen LogP contribution in [-0.2, 0) is 4.79 Å². The van der Waals surface area contributed by atoms with Crippen LogP contribution in [0.15, 0.2) is 24.3 Å². The average molecular weight is 250 g/mol. The van der Waals surface area contributed by atoms with Gasteiger partial charge in [0.05, 0.1) is 33.3 Å². The monoisotopic (exact) mass is 250 g/mol. The molecule has 98 valence electrons. The molecule has 1 aliphatic heterocycles. The number of piperazine rings is 1. The number of methoxy groups -OCH3 is 1. The molecule has 5 heteroatoms. The van der Waals surface area contributed by atoms with Crippen molar-refractivity contribution in [3.8, 4) is 5.75 Å². The number of primary amides is 1. The lowest BCUT2D eigenvalue weighted by molar-refractivity contribution is -0.892. The van der Waals surface area contributed by atoms with Crippen molar-refractivity contribution in [3.05, 3.63) is 24.3 Å². The van der Waals surface area contributed by atoms with E-state index >= 15 is 0 Å². The molecule has 0 unspecified atom stereocenters. The summed E-state index contributed by atoms with van der Waals surface area (Å²) in [6.07, 6.45) is 0. The maximum Gasteiger partial charge on any atom is 0.272 e. The topological polar surface area (TPSA) is 60.0 Å². The Bertz CT molecular complexity index is 397. The minimum Gasteiger partial charge on any atom is -0.497 e. The third kappa shape index (κ3) is 3.13. The summed E-state index contributed by atoms with van der Waals surface area (Å²) >= 11 is 0. The summed E-state index contributed by atoms with van der Waals surface area (Å²) in [6.45, 7) is 4.25. The molecule has 1 aromatic rings. The minimum atomic E-state index is -0.220. The highest BCUT2D eigenvalue weighted by Gasteiger charge is 2.21. The molecule has 0 bridgehead atoms. The molecule has 1 aliphatic rings. The SMILES string of the molecule is COc1ccc(N2CC[NH+](CC(N)=O)CC2)cc1. The normalized spacial score (nSPS) is 16.6. The fourth-order valence-electron chi connectivity index (χ4n) is 2.30. The summed E-state index contributed by atoms with van der Waals surface area (Å²) in [6, 6.07) is 8.08. The quantitative estimate of drug-likeness (QED) is 0.712. The van der Waals surface area contributed by atoms with E-state index in [4.69, 9.17) is 10.5 Å². The molecule has 1 aromatic carbocycles. The number of rotatable bonds is 4. The van der Waals surface area contributed by atoms with Gasteiger partial charge in [0.1, 0.15) is 5.75 Å². The second-order valence-corrected chi connectivity index (χ2v) is 4.58. The summed E-state index contributed by atoms with van der Waals surface area (Å²) in [5.41, 5.74) is 6.42. The summed E-state index contributed by atoms with van der Waals surface area (Å²) in [5, 5.41) is 0. The van der Waals surface area contributed by atoms with Crippen LogP contribution in [-0.4, -0.2) is 45.7 Å². The van der Waals surface area contributed by atoms with Gasteiger partial charge in [-0.2, -0.15) is 0 Å². The first kappa shape index (κ1) is 12.7. The van der Waals surface area contributed by atoms with E-state index in [9.17, 15) is 4.79 Å². The zero-order valence-electron chi connectivity index (χ0n) is 10.7. The first-order valence-electron chi connectivity index (χ1n) is 6.20. The zero-order valence-corrected chi connectivity index (χ0v) is 10.7. The highest BCUT2D eigenvalue weighted by molar-refractivity contribution is 5.74. The highest BCUT2D eigenvalue weighted by atomic mass is 16.5. The van der Waals surface area contributed by atoms with Crippen molar-refractivity contribution in [1.29, 1.82) is 0 Å². The fourth-order valence-corrected chi connectivity index (χ4v) is 2.30. The summed E-state index contributed by atoms with van der Waals surface area (Å²) in [4.78, 5) is 14.5. The predicted octanol–water partition coefficient (Wildman–Crippen LogP) is -1.11. The number of carbonyl (C=O) groups is 1. The van der Waals surface area contributed by atoms with Crippen LogP contribution in [0.1, 0.15) is 0 Å². The van der Waals surface area contributed by atoms with Crippen molar-refractivity contribution in [1.82, 2.24) is 0 Å². The van der Waals surface area contributed by atoms with E-state index in [1.54, 1.807) is 7.11 Å². The molecule has 0 spiro atoms. The number of carbonyl (C=O) groups excluding carboxylic acids is 1. The molecule has 2 rings (SSSR count). The Morgan fingerprint density at radius 1 is 1.33 bits per heavy atom. The number of ether oxygens (including phenoxy) is 1. The lowest BCUT2D eigenvalue weighted by Crippen LogP contribution is -3.15. The van der Waals surface area contributed by atoms with Crippen LogP contribution in [0.2, 0.25) is 0 Å². The predicted molar refractivity (Wildman–Crippen MR) is 70.0 cm³/mol. The van der Waals surface area contributed by atoms with Crippen LogP contribution in [0, 0.1) is 0 Å². The third-order valence-corrected chi connectivity index (χ3v) is 3.33. The number of hydrogen-bond donors (Lipinski definition) is 2. The number of benzene rings is 1. The Balaban J connectivity index is 1.90. The first-order chi connectivity index (χ1) is 8.69. The van der Waals surface area contributed by atoms with Crippen molar-refractivity contribution in [2.24, 2.45) is 5.73 Å². The second-order valence-electron chi connectivity index (χ2n) is 4.58. The fraction of sp³-hybridized carbons (Fsp3) is 0.462. The Hall–Kier alpha value is -1.75. The highest BCUT2D eigenvalue weighted by Crippen LogP contribution is 2.18. The van der Waals surface area contributed by atoms with Crippen molar-refractivity contribution < 1.29 is 14.4 Å². The molecule has 0 radical (unpaired) electrons. The van der Waals surface area contributed by atoms with Gasteiger partial charge in [0.2, 0.25) is 0 Å². The number of nitrogens with zero attached hydrogens (tertiary/aromatic N) is 1. The first-order valence-corrected chi connectivity index (χ1v) is 6.20. The van der Waals surface area contributed by atoms with Gasteiger partial charge in [-0.3, -0.25) is 4.79 Å². The van der Waals surface area contributed by atoms with E-state index in [2.05, 4.69) is 17.0 Å². The van der Waals surface area contributed by atoms with Gasteiger partial charge in [-0.1, -0.05) is 0 Å². The van der Waals surface area contributed by atoms with Crippen LogP contribution in [0.4, 0.5) is 5.69 Å². The van der Waals surface area contributed by atoms with Crippen molar-refractivity contribution in [3.63, 3.8) is 0 Å². The molecule has 0 aromatic heterocycles.